The summed E-state index contributed by atoms with van der Waals surface area (Å²) in [5.41, 5.74) is 1.96. The van der Waals surface area contributed by atoms with Gasteiger partial charge in [-0.1, -0.05) is 43.0 Å². The van der Waals surface area contributed by atoms with E-state index < -0.39 is 10.0 Å². The van der Waals surface area contributed by atoms with Crippen molar-refractivity contribution in [1.29, 1.82) is 0 Å². The maximum Gasteiger partial charge on any atom is 0.243 e. The quantitative estimate of drug-likeness (QED) is 0.196. The van der Waals surface area contributed by atoms with Crippen LogP contribution >= 0.6 is 24.0 Å². The molecule has 32 heavy (non-hydrogen) atoms. The summed E-state index contributed by atoms with van der Waals surface area (Å²) in [7, 11) is -0.192. The second-order valence-corrected chi connectivity index (χ2v) is 9.24. The molecule has 0 fully saturated rings. The van der Waals surface area contributed by atoms with E-state index >= 15 is 0 Å². The lowest BCUT2D eigenvalue weighted by Gasteiger charge is -2.21. The smallest absolute Gasteiger partial charge is 0.243 e. The Balaban J connectivity index is 0.00000512. The van der Waals surface area contributed by atoms with Crippen molar-refractivity contribution < 1.29 is 13.2 Å². The maximum absolute atomic E-state index is 12.6. The minimum absolute atomic E-state index is 0. The topological polar surface area (TPSA) is 83.0 Å². The summed E-state index contributed by atoms with van der Waals surface area (Å²) < 4.78 is 32.2. The van der Waals surface area contributed by atoms with Crippen molar-refractivity contribution >= 4 is 40.0 Å². The van der Waals surface area contributed by atoms with Crippen LogP contribution in [0.1, 0.15) is 25.0 Å². The highest BCUT2D eigenvalue weighted by molar-refractivity contribution is 14.0. The van der Waals surface area contributed by atoms with Crippen LogP contribution in [-0.2, 0) is 23.1 Å². The van der Waals surface area contributed by atoms with E-state index in [9.17, 15) is 8.42 Å². The average molecular weight is 573 g/mol. The number of benzene rings is 2. The van der Waals surface area contributed by atoms with Crippen LogP contribution in [0.5, 0.6) is 5.75 Å². The van der Waals surface area contributed by atoms with E-state index in [2.05, 4.69) is 22.2 Å². The summed E-state index contributed by atoms with van der Waals surface area (Å²) in [6.07, 6.45) is 1.71. The number of nitrogens with zero attached hydrogens (tertiary/aromatic N) is 2. The van der Waals surface area contributed by atoms with Crippen LogP contribution in [-0.4, -0.2) is 45.4 Å². The standard InChI is InChI=1S/C23H32N4O3S.HI/c1-6-15-30-22-10-8-7-9-20(22)17-26-23(24-4)25-16-19-11-13-21(14-12-19)31(28,29)27(5)18(2)3;/h6-14,18H,1,15-17H2,2-5H3,(H2,24,25,26);1H. The summed E-state index contributed by atoms with van der Waals surface area (Å²) in [6.45, 7) is 8.87. The first-order valence-electron chi connectivity index (χ1n) is 10.1. The van der Waals surface area contributed by atoms with Crippen molar-refractivity contribution in [2.24, 2.45) is 4.99 Å². The molecule has 176 valence electrons. The molecule has 7 nitrogen and oxygen atoms in total. The van der Waals surface area contributed by atoms with Gasteiger partial charge < -0.3 is 15.4 Å². The zero-order chi connectivity index (χ0) is 22.9. The fraction of sp³-hybridized carbons (Fsp3) is 0.348. The van der Waals surface area contributed by atoms with E-state index in [1.54, 1.807) is 44.4 Å². The van der Waals surface area contributed by atoms with E-state index in [0.29, 0.717) is 25.7 Å². The maximum atomic E-state index is 12.6. The van der Waals surface area contributed by atoms with Crippen LogP contribution in [0.25, 0.3) is 0 Å². The second-order valence-electron chi connectivity index (χ2n) is 7.25. The molecule has 2 N–H and O–H groups in total. The number of hydrogen-bond acceptors (Lipinski definition) is 4. The fourth-order valence-electron chi connectivity index (χ4n) is 2.75. The van der Waals surface area contributed by atoms with Gasteiger partial charge >= 0.3 is 0 Å². The SMILES string of the molecule is C=CCOc1ccccc1CNC(=NC)NCc1ccc(S(=O)(=O)N(C)C(C)C)cc1.I. The molecule has 0 amide bonds. The molecular weight excluding hydrogens is 539 g/mol. The van der Waals surface area contributed by atoms with Gasteiger partial charge in [0.1, 0.15) is 12.4 Å². The van der Waals surface area contributed by atoms with Gasteiger partial charge in [0.15, 0.2) is 5.96 Å². The van der Waals surface area contributed by atoms with Gasteiger partial charge in [0, 0.05) is 38.8 Å². The molecule has 0 heterocycles. The van der Waals surface area contributed by atoms with Gasteiger partial charge in [-0.3, -0.25) is 4.99 Å². The van der Waals surface area contributed by atoms with Crippen LogP contribution in [0.4, 0.5) is 0 Å². The first-order valence-corrected chi connectivity index (χ1v) is 11.6. The molecule has 2 aromatic carbocycles. The predicted molar refractivity (Wildman–Crippen MR) is 141 cm³/mol. The molecular formula is C23H33IN4O3S. The molecule has 0 radical (unpaired) electrons. The lowest BCUT2D eigenvalue weighted by Crippen LogP contribution is -2.36. The van der Waals surface area contributed by atoms with Crippen LogP contribution in [0.15, 0.2) is 71.1 Å². The number of hydrogen-bond donors (Lipinski definition) is 2. The molecule has 0 bridgehead atoms. The van der Waals surface area contributed by atoms with Gasteiger partial charge in [-0.2, -0.15) is 4.31 Å². The van der Waals surface area contributed by atoms with Crippen molar-refractivity contribution in [1.82, 2.24) is 14.9 Å². The van der Waals surface area contributed by atoms with Gasteiger partial charge in [-0.25, -0.2) is 8.42 Å². The minimum atomic E-state index is -3.48. The summed E-state index contributed by atoms with van der Waals surface area (Å²) >= 11 is 0. The number of aliphatic imine (C=N–C) groups is 1. The first kappa shape index (κ1) is 27.9. The molecule has 0 saturated carbocycles. The Morgan fingerprint density at radius 1 is 1.12 bits per heavy atom. The normalized spacial score (nSPS) is 11.8. The molecule has 0 spiro atoms. The Morgan fingerprint density at radius 2 is 1.75 bits per heavy atom. The third-order valence-corrected chi connectivity index (χ3v) is 6.83. The molecule has 0 atom stereocenters. The van der Waals surface area contributed by atoms with Gasteiger partial charge in [-0.15, -0.1) is 24.0 Å². The van der Waals surface area contributed by atoms with Crippen LogP contribution in [0.3, 0.4) is 0 Å². The Bertz CT molecular complexity index is 993. The highest BCUT2D eigenvalue weighted by atomic mass is 127. The zero-order valence-electron chi connectivity index (χ0n) is 19.0. The predicted octanol–water partition coefficient (Wildman–Crippen LogP) is 3.76. The summed E-state index contributed by atoms with van der Waals surface area (Å²) in [4.78, 5) is 4.53. The molecule has 9 heteroatoms. The number of para-hydroxylation sites is 1. The van der Waals surface area contributed by atoms with Crippen LogP contribution in [0, 0.1) is 0 Å². The zero-order valence-corrected chi connectivity index (χ0v) is 22.2. The van der Waals surface area contributed by atoms with Crippen molar-refractivity contribution in [2.45, 2.75) is 37.9 Å². The summed E-state index contributed by atoms with van der Waals surface area (Å²) in [5.74, 6) is 1.43. The van der Waals surface area contributed by atoms with Crippen molar-refractivity contribution in [3.05, 3.63) is 72.3 Å². The molecule has 0 unspecified atom stereocenters. The molecule has 2 rings (SSSR count). The molecule has 0 aliphatic rings. The number of sulfonamides is 1. The summed E-state index contributed by atoms with van der Waals surface area (Å²) in [5, 5.41) is 6.51. The van der Waals surface area contributed by atoms with Crippen LogP contribution in [0.2, 0.25) is 0 Å². The number of guanidine groups is 1. The third-order valence-electron chi connectivity index (χ3n) is 4.79. The Kier molecular flexibility index (Phi) is 11.7. The number of rotatable bonds is 10. The molecule has 0 aliphatic heterocycles. The van der Waals surface area contributed by atoms with Gasteiger partial charge in [-0.05, 0) is 37.6 Å². The Morgan fingerprint density at radius 3 is 2.34 bits per heavy atom. The first-order chi connectivity index (χ1) is 14.8. The van der Waals surface area contributed by atoms with E-state index in [1.807, 2.05) is 38.1 Å². The van der Waals surface area contributed by atoms with Gasteiger partial charge in [0.2, 0.25) is 10.0 Å². The van der Waals surface area contributed by atoms with E-state index in [4.69, 9.17) is 4.74 Å². The lowest BCUT2D eigenvalue weighted by atomic mass is 10.2. The molecule has 0 aliphatic carbocycles. The van der Waals surface area contributed by atoms with Crippen molar-refractivity contribution in [2.75, 3.05) is 20.7 Å². The molecule has 0 aromatic heterocycles. The van der Waals surface area contributed by atoms with E-state index in [1.165, 1.54) is 4.31 Å². The number of ether oxygens (including phenoxy) is 1. The highest BCUT2D eigenvalue weighted by Crippen LogP contribution is 2.18. The fourth-order valence-corrected chi connectivity index (χ4v) is 4.12. The second kappa shape index (κ2) is 13.4. The van der Waals surface area contributed by atoms with Crippen LogP contribution < -0.4 is 15.4 Å². The number of nitrogens with one attached hydrogen (secondary N) is 2. The molecule has 0 saturated heterocycles. The largest absolute Gasteiger partial charge is 0.489 e. The third kappa shape index (κ3) is 7.79. The highest BCUT2D eigenvalue weighted by Gasteiger charge is 2.22. The average Bonchev–Trinajstić information content (AvgIpc) is 2.78. The lowest BCUT2D eigenvalue weighted by molar-refractivity contribution is 0.358. The van der Waals surface area contributed by atoms with Gasteiger partial charge in [0.05, 0.1) is 4.90 Å². The van der Waals surface area contributed by atoms with E-state index in [0.717, 1.165) is 16.9 Å². The molecule has 2 aromatic rings. The minimum Gasteiger partial charge on any atom is -0.489 e. The van der Waals surface area contributed by atoms with E-state index in [-0.39, 0.29) is 34.9 Å². The Labute approximate surface area is 209 Å². The van der Waals surface area contributed by atoms with Crippen molar-refractivity contribution in [3.63, 3.8) is 0 Å². The number of halogens is 1. The Hall–Kier alpha value is -2.11. The van der Waals surface area contributed by atoms with Crippen molar-refractivity contribution in [3.8, 4) is 5.75 Å². The monoisotopic (exact) mass is 572 g/mol. The summed E-state index contributed by atoms with van der Waals surface area (Å²) in [6, 6.07) is 14.6. The van der Waals surface area contributed by atoms with Gasteiger partial charge in [0.25, 0.3) is 0 Å².